The molecule has 0 heterocycles. The fourth-order valence-corrected chi connectivity index (χ4v) is 1.36. The molecule has 0 saturated carbocycles. The van der Waals surface area contributed by atoms with Crippen LogP contribution in [0.4, 0.5) is 5.69 Å². The average molecular weight is 224 g/mol. The number of carbonyl (C=O) groups excluding carboxylic acids is 1. The monoisotopic (exact) mass is 224 g/mol. The van der Waals surface area contributed by atoms with Crippen molar-refractivity contribution in [3.8, 4) is 0 Å². The molecule has 0 fully saturated rings. The molecule has 4 heteroatoms. The Balaban J connectivity index is 2.81. The van der Waals surface area contributed by atoms with Gasteiger partial charge in [-0.2, -0.15) is 12.6 Å². The third-order valence-electron chi connectivity index (χ3n) is 2.40. The van der Waals surface area contributed by atoms with Gasteiger partial charge in [0.25, 0.3) is 0 Å². The van der Waals surface area contributed by atoms with Crippen LogP contribution in [0.15, 0.2) is 18.2 Å². The molecule has 0 aliphatic rings. The molecule has 1 aromatic rings. The molecule has 0 aliphatic heterocycles. The first-order valence-electron chi connectivity index (χ1n) is 4.79. The van der Waals surface area contributed by atoms with Crippen LogP contribution in [0.25, 0.3) is 0 Å². The molecule has 0 radical (unpaired) electrons. The van der Waals surface area contributed by atoms with Gasteiger partial charge in [-0.1, -0.05) is 12.1 Å². The topological polar surface area (TPSA) is 55.1 Å². The number of amides is 1. The average Bonchev–Trinajstić information content (AvgIpc) is 2.23. The van der Waals surface area contributed by atoms with E-state index in [4.69, 9.17) is 5.73 Å². The lowest BCUT2D eigenvalue weighted by molar-refractivity contribution is -0.116. The van der Waals surface area contributed by atoms with Crippen molar-refractivity contribution in [3.05, 3.63) is 29.3 Å². The molecule has 1 atom stereocenters. The molecule has 0 saturated heterocycles. The second kappa shape index (κ2) is 5.19. The van der Waals surface area contributed by atoms with Gasteiger partial charge in [-0.3, -0.25) is 4.79 Å². The van der Waals surface area contributed by atoms with Crippen LogP contribution in [0.2, 0.25) is 0 Å². The largest absolute Gasteiger partial charge is 0.324 e. The molecule has 0 spiro atoms. The number of nitrogens with one attached hydrogen (secondary N) is 1. The van der Waals surface area contributed by atoms with Crippen LogP contribution < -0.4 is 11.1 Å². The summed E-state index contributed by atoms with van der Waals surface area (Å²) in [6, 6.07) is 5.22. The first-order valence-corrected chi connectivity index (χ1v) is 5.43. The van der Waals surface area contributed by atoms with Crippen LogP contribution in [0.3, 0.4) is 0 Å². The number of aryl methyl sites for hydroxylation is 1. The van der Waals surface area contributed by atoms with Crippen molar-refractivity contribution >= 4 is 24.2 Å². The second-order valence-electron chi connectivity index (χ2n) is 3.53. The summed E-state index contributed by atoms with van der Waals surface area (Å²) in [4.78, 5) is 11.5. The second-order valence-corrected chi connectivity index (χ2v) is 3.89. The molecule has 3 nitrogen and oxygen atoms in total. The molecule has 82 valence electrons. The van der Waals surface area contributed by atoms with E-state index >= 15 is 0 Å². The van der Waals surface area contributed by atoms with Gasteiger partial charge in [-0.15, -0.1) is 0 Å². The zero-order valence-corrected chi connectivity index (χ0v) is 9.84. The Morgan fingerprint density at radius 3 is 2.80 bits per heavy atom. The summed E-state index contributed by atoms with van der Waals surface area (Å²) < 4.78 is 0. The lowest BCUT2D eigenvalue weighted by Gasteiger charge is -2.12. The summed E-state index contributed by atoms with van der Waals surface area (Å²) in [5, 5.41) is 2.79. The fourth-order valence-electron chi connectivity index (χ4n) is 1.19. The number of benzene rings is 1. The first kappa shape index (κ1) is 12.1. The molecule has 1 amide bonds. The molecule has 0 bridgehead atoms. The highest BCUT2D eigenvalue weighted by atomic mass is 32.1. The van der Waals surface area contributed by atoms with Crippen LogP contribution in [0.5, 0.6) is 0 Å². The number of rotatable bonds is 3. The number of hydrogen-bond acceptors (Lipinski definition) is 3. The molecule has 0 aliphatic carbocycles. The minimum Gasteiger partial charge on any atom is -0.324 e. The molecule has 3 N–H and O–H groups in total. The van der Waals surface area contributed by atoms with Gasteiger partial charge in [0.1, 0.15) is 0 Å². The Morgan fingerprint density at radius 1 is 1.53 bits per heavy atom. The smallest absolute Gasteiger partial charge is 0.242 e. The minimum absolute atomic E-state index is 0.196. The van der Waals surface area contributed by atoms with Gasteiger partial charge >= 0.3 is 0 Å². The Morgan fingerprint density at radius 2 is 2.20 bits per heavy atom. The standard InChI is InChI=1S/C11H16N2OS/c1-7-4-3-5-10(8(7)2)13-11(14)9(12)6-15/h3-5,9,15H,6,12H2,1-2H3,(H,13,14). The predicted molar refractivity (Wildman–Crippen MR) is 66.4 cm³/mol. The van der Waals surface area contributed by atoms with Crippen molar-refractivity contribution in [2.75, 3.05) is 11.1 Å². The molecule has 1 unspecified atom stereocenters. The third-order valence-corrected chi connectivity index (χ3v) is 2.79. The highest BCUT2D eigenvalue weighted by Crippen LogP contribution is 2.17. The summed E-state index contributed by atoms with van der Waals surface area (Å²) in [5.41, 5.74) is 8.59. The van der Waals surface area contributed by atoms with E-state index in [2.05, 4.69) is 17.9 Å². The molecule has 1 aromatic carbocycles. The van der Waals surface area contributed by atoms with Gasteiger partial charge in [-0.25, -0.2) is 0 Å². The molecular formula is C11H16N2OS. The van der Waals surface area contributed by atoms with Gasteiger partial charge in [0.05, 0.1) is 6.04 Å². The van der Waals surface area contributed by atoms with Crippen molar-refractivity contribution in [2.24, 2.45) is 5.73 Å². The Bertz CT molecular complexity index is 366. The van der Waals surface area contributed by atoms with Gasteiger partial charge in [0, 0.05) is 11.4 Å². The zero-order valence-electron chi connectivity index (χ0n) is 8.95. The van der Waals surface area contributed by atoms with Gasteiger partial charge in [0.15, 0.2) is 0 Å². The number of nitrogens with two attached hydrogens (primary N) is 1. The maximum atomic E-state index is 11.5. The van der Waals surface area contributed by atoms with Crippen LogP contribution in [-0.4, -0.2) is 17.7 Å². The van der Waals surface area contributed by atoms with E-state index < -0.39 is 6.04 Å². The summed E-state index contributed by atoms with van der Waals surface area (Å²) in [6.45, 7) is 3.97. The first-order chi connectivity index (χ1) is 7.06. The van der Waals surface area contributed by atoms with E-state index in [1.807, 2.05) is 32.0 Å². The zero-order chi connectivity index (χ0) is 11.4. The number of carbonyl (C=O) groups is 1. The minimum atomic E-state index is -0.562. The van der Waals surface area contributed by atoms with Crippen LogP contribution in [0, 0.1) is 13.8 Å². The van der Waals surface area contributed by atoms with E-state index in [1.54, 1.807) is 0 Å². The molecule has 1 rings (SSSR count). The molecule has 0 aromatic heterocycles. The quantitative estimate of drug-likeness (QED) is 0.681. The van der Waals surface area contributed by atoms with E-state index in [9.17, 15) is 4.79 Å². The van der Waals surface area contributed by atoms with E-state index in [1.165, 1.54) is 0 Å². The van der Waals surface area contributed by atoms with Crippen LogP contribution in [-0.2, 0) is 4.79 Å². The summed E-state index contributed by atoms with van der Waals surface area (Å²) in [6.07, 6.45) is 0. The van der Waals surface area contributed by atoms with Crippen molar-refractivity contribution < 1.29 is 4.79 Å². The molecule has 15 heavy (non-hydrogen) atoms. The maximum absolute atomic E-state index is 11.5. The van der Waals surface area contributed by atoms with E-state index in [0.717, 1.165) is 16.8 Å². The normalized spacial score (nSPS) is 12.3. The number of thiol groups is 1. The van der Waals surface area contributed by atoms with Gasteiger partial charge < -0.3 is 11.1 Å². The van der Waals surface area contributed by atoms with E-state index in [0.29, 0.717) is 5.75 Å². The van der Waals surface area contributed by atoms with Crippen LogP contribution >= 0.6 is 12.6 Å². The molecular weight excluding hydrogens is 208 g/mol. The van der Waals surface area contributed by atoms with Crippen LogP contribution in [0.1, 0.15) is 11.1 Å². The Labute approximate surface area is 95.5 Å². The summed E-state index contributed by atoms with van der Waals surface area (Å²) in [7, 11) is 0. The highest BCUT2D eigenvalue weighted by molar-refractivity contribution is 7.80. The van der Waals surface area contributed by atoms with Crippen molar-refractivity contribution in [1.29, 1.82) is 0 Å². The lowest BCUT2D eigenvalue weighted by atomic mass is 10.1. The van der Waals surface area contributed by atoms with Crippen molar-refractivity contribution in [1.82, 2.24) is 0 Å². The van der Waals surface area contributed by atoms with Crippen molar-refractivity contribution in [2.45, 2.75) is 19.9 Å². The Hall–Kier alpha value is -1.00. The summed E-state index contributed by atoms with van der Waals surface area (Å²) in [5.74, 6) is 0.148. The summed E-state index contributed by atoms with van der Waals surface area (Å²) >= 11 is 3.98. The fraction of sp³-hybridized carbons (Fsp3) is 0.364. The van der Waals surface area contributed by atoms with Gasteiger partial charge in [-0.05, 0) is 31.0 Å². The van der Waals surface area contributed by atoms with E-state index in [-0.39, 0.29) is 5.91 Å². The lowest BCUT2D eigenvalue weighted by Crippen LogP contribution is -2.37. The third kappa shape index (κ3) is 2.97. The SMILES string of the molecule is Cc1cccc(NC(=O)C(N)CS)c1C. The Kier molecular flexibility index (Phi) is 4.17. The number of anilines is 1. The van der Waals surface area contributed by atoms with Crippen molar-refractivity contribution in [3.63, 3.8) is 0 Å². The van der Waals surface area contributed by atoms with Gasteiger partial charge in [0.2, 0.25) is 5.91 Å². The predicted octanol–water partition coefficient (Wildman–Crippen LogP) is 1.50. The maximum Gasteiger partial charge on any atom is 0.242 e. The number of hydrogen-bond donors (Lipinski definition) is 3. The highest BCUT2D eigenvalue weighted by Gasteiger charge is 2.12.